The molecule has 0 saturated heterocycles. The first-order valence-electron chi connectivity index (χ1n) is 5.35. The van der Waals surface area contributed by atoms with Crippen molar-refractivity contribution in [3.63, 3.8) is 0 Å². The van der Waals surface area contributed by atoms with Crippen molar-refractivity contribution in [2.24, 2.45) is 0 Å². The maximum atomic E-state index is 11.3. The highest BCUT2D eigenvalue weighted by atomic mass is 32.2. The van der Waals surface area contributed by atoms with Gasteiger partial charge in [-0.2, -0.15) is 8.42 Å². The van der Waals surface area contributed by atoms with Gasteiger partial charge >= 0.3 is 0 Å². The highest BCUT2D eigenvalue weighted by Gasteiger charge is 2.17. The van der Waals surface area contributed by atoms with Crippen LogP contribution in [0.5, 0.6) is 0 Å². The van der Waals surface area contributed by atoms with Gasteiger partial charge in [0.05, 0.1) is 5.69 Å². The second kappa shape index (κ2) is 4.80. The van der Waals surface area contributed by atoms with Crippen LogP contribution < -0.4 is 4.90 Å². The molecule has 0 aliphatic heterocycles. The highest BCUT2D eigenvalue weighted by Crippen LogP contribution is 2.29. The number of benzene rings is 2. The SMILES string of the molecule is CN(c1ccccc1)c1ccccc1S(=O)(=O)O. The van der Waals surface area contributed by atoms with Crippen LogP contribution in [-0.2, 0) is 10.1 Å². The third-order valence-corrected chi connectivity index (χ3v) is 3.55. The summed E-state index contributed by atoms with van der Waals surface area (Å²) in [5.41, 5.74) is 1.28. The van der Waals surface area contributed by atoms with Crippen molar-refractivity contribution in [2.45, 2.75) is 4.90 Å². The van der Waals surface area contributed by atoms with Crippen LogP contribution in [0.2, 0.25) is 0 Å². The topological polar surface area (TPSA) is 57.6 Å². The van der Waals surface area contributed by atoms with Crippen LogP contribution >= 0.6 is 0 Å². The highest BCUT2D eigenvalue weighted by molar-refractivity contribution is 7.86. The summed E-state index contributed by atoms with van der Waals surface area (Å²) < 4.78 is 31.8. The van der Waals surface area contributed by atoms with Gasteiger partial charge in [0.15, 0.2) is 0 Å². The molecule has 0 heterocycles. The lowest BCUT2D eigenvalue weighted by Gasteiger charge is -2.21. The molecule has 0 fully saturated rings. The summed E-state index contributed by atoms with van der Waals surface area (Å²) in [6.07, 6.45) is 0. The maximum Gasteiger partial charge on any atom is 0.296 e. The molecule has 2 aromatic rings. The fourth-order valence-electron chi connectivity index (χ4n) is 1.74. The van der Waals surface area contributed by atoms with Gasteiger partial charge < -0.3 is 4.90 Å². The largest absolute Gasteiger partial charge is 0.343 e. The van der Waals surface area contributed by atoms with E-state index in [1.165, 1.54) is 6.07 Å². The first kappa shape index (κ1) is 12.6. The normalized spacial score (nSPS) is 11.2. The van der Waals surface area contributed by atoms with Crippen LogP contribution in [0.3, 0.4) is 0 Å². The fraction of sp³-hybridized carbons (Fsp3) is 0.0769. The summed E-state index contributed by atoms with van der Waals surface area (Å²) in [4.78, 5) is 1.61. The maximum absolute atomic E-state index is 11.3. The molecule has 0 bridgehead atoms. The summed E-state index contributed by atoms with van der Waals surface area (Å²) in [7, 11) is -2.48. The van der Waals surface area contributed by atoms with Gasteiger partial charge in [-0.1, -0.05) is 30.3 Å². The molecule has 5 heteroatoms. The van der Waals surface area contributed by atoms with E-state index in [9.17, 15) is 13.0 Å². The van der Waals surface area contributed by atoms with Crippen LogP contribution in [0.25, 0.3) is 0 Å². The molecule has 0 spiro atoms. The van der Waals surface area contributed by atoms with Crippen molar-refractivity contribution in [2.75, 3.05) is 11.9 Å². The predicted octanol–water partition coefficient (Wildman–Crippen LogP) is 2.70. The Hall–Kier alpha value is -1.85. The van der Waals surface area contributed by atoms with E-state index in [1.807, 2.05) is 30.3 Å². The monoisotopic (exact) mass is 263 g/mol. The Morgan fingerprint density at radius 1 is 0.944 bits per heavy atom. The molecule has 0 radical (unpaired) electrons. The summed E-state index contributed by atoms with van der Waals surface area (Å²) in [6, 6.07) is 15.7. The molecule has 94 valence electrons. The van der Waals surface area contributed by atoms with Gasteiger partial charge in [0.2, 0.25) is 0 Å². The molecule has 0 saturated carbocycles. The quantitative estimate of drug-likeness (QED) is 0.865. The molecule has 0 aliphatic rings. The van der Waals surface area contributed by atoms with E-state index in [-0.39, 0.29) is 4.90 Å². The first-order chi connectivity index (χ1) is 8.50. The van der Waals surface area contributed by atoms with Gasteiger partial charge in [0.25, 0.3) is 10.1 Å². The average molecular weight is 263 g/mol. The molecule has 18 heavy (non-hydrogen) atoms. The molecule has 4 nitrogen and oxygen atoms in total. The molecule has 1 N–H and O–H groups in total. The van der Waals surface area contributed by atoms with Crippen LogP contribution in [-0.4, -0.2) is 20.0 Å². The van der Waals surface area contributed by atoms with Crippen molar-refractivity contribution in [1.82, 2.24) is 0 Å². The summed E-state index contributed by atoms with van der Waals surface area (Å²) in [5.74, 6) is 0. The van der Waals surface area contributed by atoms with E-state index in [2.05, 4.69) is 0 Å². The molecule has 0 amide bonds. The molecule has 0 aromatic heterocycles. The molecule has 2 aromatic carbocycles. The van der Waals surface area contributed by atoms with Crippen molar-refractivity contribution in [1.29, 1.82) is 0 Å². The first-order valence-corrected chi connectivity index (χ1v) is 6.79. The Labute approximate surface area is 106 Å². The third kappa shape index (κ3) is 2.52. The van der Waals surface area contributed by atoms with Gasteiger partial charge in [-0.05, 0) is 24.3 Å². The second-order valence-corrected chi connectivity index (χ2v) is 5.23. The molecule has 0 atom stereocenters. The Morgan fingerprint density at radius 3 is 2.11 bits per heavy atom. The molecular formula is C13H13NO3S. The van der Waals surface area contributed by atoms with Gasteiger partial charge in [-0.15, -0.1) is 0 Å². The van der Waals surface area contributed by atoms with Crippen LogP contribution in [0, 0.1) is 0 Å². The zero-order valence-electron chi connectivity index (χ0n) is 9.82. The zero-order valence-corrected chi connectivity index (χ0v) is 10.6. The van der Waals surface area contributed by atoms with E-state index in [0.29, 0.717) is 5.69 Å². The zero-order chi connectivity index (χ0) is 13.2. The smallest absolute Gasteiger partial charge is 0.296 e. The van der Waals surface area contributed by atoms with Crippen molar-refractivity contribution >= 4 is 21.5 Å². The Bertz CT molecular complexity index is 638. The fourth-order valence-corrected chi connectivity index (χ4v) is 2.46. The minimum absolute atomic E-state index is 0.101. The Kier molecular flexibility index (Phi) is 3.36. The van der Waals surface area contributed by atoms with Gasteiger partial charge in [0, 0.05) is 12.7 Å². The number of anilines is 2. The molecule has 0 aliphatic carbocycles. The van der Waals surface area contributed by atoms with E-state index >= 15 is 0 Å². The van der Waals surface area contributed by atoms with Gasteiger partial charge in [-0.25, -0.2) is 0 Å². The number of hydrogen-bond donors (Lipinski definition) is 1. The molecule has 0 unspecified atom stereocenters. The van der Waals surface area contributed by atoms with Crippen molar-refractivity contribution in [3.05, 3.63) is 54.6 Å². The van der Waals surface area contributed by atoms with Gasteiger partial charge in [0.1, 0.15) is 4.90 Å². The summed E-state index contributed by atoms with van der Waals surface area (Å²) >= 11 is 0. The molecule has 2 rings (SSSR count). The lowest BCUT2D eigenvalue weighted by atomic mass is 10.2. The summed E-state index contributed by atoms with van der Waals surface area (Å²) in [5, 5.41) is 0. The number of nitrogens with zero attached hydrogens (tertiary/aromatic N) is 1. The standard InChI is InChI=1S/C13H13NO3S/c1-14(11-7-3-2-4-8-11)12-9-5-6-10-13(12)18(15,16)17/h2-10H,1H3,(H,15,16,17). The van der Waals surface area contributed by atoms with E-state index in [1.54, 1.807) is 30.1 Å². The summed E-state index contributed by atoms with van der Waals surface area (Å²) in [6.45, 7) is 0. The minimum Gasteiger partial charge on any atom is -0.343 e. The Balaban J connectivity index is 2.53. The second-order valence-electron chi connectivity index (χ2n) is 3.84. The average Bonchev–Trinajstić information content (AvgIpc) is 2.38. The van der Waals surface area contributed by atoms with E-state index in [4.69, 9.17) is 0 Å². The number of rotatable bonds is 3. The predicted molar refractivity (Wildman–Crippen MR) is 70.8 cm³/mol. The minimum atomic E-state index is -4.23. The molecular weight excluding hydrogens is 250 g/mol. The number of hydrogen-bond acceptors (Lipinski definition) is 3. The lowest BCUT2D eigenvalue weighted by Crippen LogP contribution is -2.13. The van der Waals surface area contributed by atoms with Crippen LogP contribution in [0.1, 0.15) is 0 Å². The Morgan fingerprint density at radius 2 is 1.50 bits per heavy atom. The van der Waals surface area contributed by atoms with Crippen LogP contribution in [0.15, 0.2) is 59.5 Å². The lowest BCUT2D eigenvalue weighted by molar-refractivity contribution is 0.483. The van der Waals surface area contributed by atoms with E-state index < -0.39 is 10.1 Å². The van der Waals surface area contributed by atoms with Gasteiger partial charge in [-0.3, -0.25) is 4.55 Å². The van der Waals surface area contributed by atoms with E-state index in [0.717, 1.165) is 5.69 Å². The van der Waals surface area contributed by atoms with Crippen molar-refractivity contribution < 1.29 is 13.0 Å². The van der Waals surface area contributed by atoms with Crippen molar-refractivity contribution in [3.8, 4) is 0 Å². The van der Waals surface area contributed by atoms with Crippen LogP contribution in [0.4, 0.5) is 11.4 Å². The third-order valence-electron chi connectivity index (χ3n) is 2.65. The number of para-hydroxylation sites is 2.